The first-order valence-electron chi connectivity index (χ1n) is 6.38. The van der Waals surface area contributed by atoms with E-state index in [0.717, 1.165) is 0 Å². The highest BCUT2D eigenvalue weighted by Crippen LogP contribution is 2.07. The molecule has 2 amide bonds. The summed E-state index contributed by atoms with van der Waals surface area (Å²) in [6, 6.07) is 6.45. The van der Waals surface area contributed by atoms with Gasteiger partial charge >= 0.3 is 6.03 Å². The van der Waals surface area contributed by atoms with Crippen molar-refractivity contribution >= 4 is 11.7 Å². The minimum absolute atomic E-state index is 0.164. The zero-order valence-corrected chi connectivity index (χ0v) is 11.5. The van der Waals surface area contributed by atoms with Crippen molar-refractivity contribution < 1.29 is 9.18 Å². The molecule has 0 aliphatic carbocycles. The van der Waals surface area contributed by atoms with Crippen LogP contribution in [0.15, 0.2) is 41.5 Å². The van der Waals surface area contributed by atoms with Gasteiger partial charge in [-0.1, -0.05) is 0 Å². The van der Waals surface area contributed by atoms with Crippen LogP contribution in [0.2, 0.25) is 0 Å². The van der Waals surface area contributed by atoms with Gasteiger partial charge in [-0.2, -0.15) is 0 Å². The van der Waals surface area contributed by atoms with Crippen LogP contribution in [-0.4, -0.2) is 22.1 Å². The molecule has 0 fully saturated rings. The fourth-order valence-corrected chi connectivity index (χ4v) is 1.68. The lowest BCUT2D eigenvalue weighted by Gasteiger charge is -2.09. The quantitative estimate of drug-likeness (QED) is 0.896. The average molecular weight is 290 g/mol. The minimum Gasteiger partial charge on any atom is -0.336 e. The molecular formula is C14H15FN4O2. The molecule has 2 N–H and O–H groups in total. The van der Waals surface area contributed by atoms with Gasteiger partial charge in [0.1, 0.15) is 5.82 Å². The predicted molar refractivity (Wildman–Crippen MR) is 76.7 cm³/mol. The number of hydrogen-bond acceptors (Lipinski definition) is 3. The van der Waals surface area contributed by atoms with E-state index in [1.807, 2.05) is 0 Å². The molecule has 1 aromatic heterocycles. The molecule has 0 saturated carbocycles. The number of benzene rings is 1. The van der Waals surface area contributed by atoms with E-state index in [-0.39, 0.29) is 17.9 Å². The maximum atomic E-state index is 12.7. The van der Waals surface area contributed by atoms with E-state index in [1.165, 1.54) is 41.2 Å². The van der Waals surface area contributed by atoms with Crippen molar-refractivity contribution in [1.82, 2.24) is 14.9 Å². The smallest absolute Gasteiger partial charge is 0.319 e. The summed E-state index contributed by atoms with van der Waals surface area (Å²) in [5, 5.41) is 5.16. The van der Waals surface area contributed by atoms with Crippen molar-refractivity contribution in [2.75, 3.05) is 11.9 Å². The fourth-order valence-electron chi connectivity index (χ4n) is 1.68. The summed E-state index contributed by atoms with van der Waals surface area (Å²) in [4.78, 5) is 27.2. The lowest BCUT2D eigenvalue weighted by Crippen LogP contribution is -2.33. The normalized spacial score (nSPS) is 10.2. The first-order chi connectivity index (χ1) is 10.0. The van der Waals surface area contributed by atoms with Crippen LogP contribution < -0.4 is 16.2 Å². The molecule has 1 heterocycles. The molecule has 1 aromatic carbocycles. The van der Waals surface area contributed by atoms with Gasteiger partial charge in [-0.3, -0.25) is 9.36 Å². The maximum absolute atomic E-state index is 12.7. The second-order valence-electron chi connectivity index (χ2n) is 4.45. The Balaban J connectivity index is 1.81. The number of anilines is 1. The van der Waals surface area contributed by atoms with E-state index >= 15 is 0 Å². The summed E-state index contributed by atoms with van der Waals surface area (Å²) in [6.07, 6.45) is 1.44. The van der Waals surface area contributed by atoms with Crippen LogP contribution in [0.3, 0.4) is 0 Å². The molecule has 0 radical (unpaired) electrons. The Labute approximate surface area is 120 Å². The standard InChI is InChI=1S/C14H15FN4O2/c1-10-8-13(20)19(9-17-10)7-6-16-14(21)18-12-4-2-11(15)3-5-12/h2-5,8-9H,6-7H2,1H3,(H2,16,18,21). The molecule has 0 unspecified atom stereocenters. The van der Waals surface area contributed by atoms with Crippen molar-refractivity contribution in [2.45, 2.75) is 13.5 Å². The molecule has 0 saturated heterocycles. The molecular weight excluding hydrogens is 275 g/mol. The summed E-state index contributed by atoms with van der Waals surface area (Å²) in [5.41, 5.74) is 0.976. The molecule has 6 nitrogen and oxygen atoms in total. The zero-order chi connectivity index (χ0) is 15.2. The molecule has 0 spiro atoms. The van der Waals surface area contributed by atoms with Crippen molar-refractivity contribution in [1.29, 1.82) is 0 Å². The van der Waals surface area contributed by atoms with Crippen LogP contribution in [0, 0.1) is 12.7 Å². The first-order valence-corrected chi connectivity index (χ1v) is 6.38. The number of aromatic nitrogens is 2. The Morgan fingerprint density at radius 2 is 2.05 bits per heavy atom. The van der Waals surface area contributed by atoms with Crippen LogP contribution in [0.5, 0.6) is 0 Å². The van der Waals surface area contributed by atoms with Crippen LogP contribution >= 0.6 is 0 Å². The van der Waals surface area contributed by atoms with Crippen LogP contribution in [0.25, 0.3) is 0 Å². The van der Waals surface area contributed by atoms with E-state index in [9.17, 15) is 14.0 Å². The first kappa shape index (κ1) is 14.7. The third kappa shape index (κ3) is 4.41. The number of aryl methyl sites for hydroxylation is 1. The molecule has 110 valence electrons. The molecule has 7 heteroatoms. The second kappa shape index (κ2) is 6.65. The summed E-state index contributed by atoms with van der Waals surface area (Å²) >= 11 is 0. The Kier molecular flexibility index (Phi) is 4.65. The molecule has 2 aromatic rings. The van der Waals surface area contributed by atoms with E-state index < -0.39 is 6.03 Å². The number of carbonyl (C=O) groups is 1. The number of urea groups is 1. The summed E-state index contributed by atoms with van der Waals surface area (Å²) < 4.78 is 14.1. The minimum atomic E-state index is -0.422. The van der Waals surface area contributed by atoms with E-state index in [0.29, 0.717) is 17.9 Å². The highest BCUT2D eigenvalue weighted by Gasteiger charge is 2.02. The van der Waals surface area contributed by atoms with Gasteiger partial charge < -0.3 is 10.6 Å². The molecule has 0 aliphatic heterocycles. The molecule has 0 bridgehead atoms. The van der Waals surface area contributed by atoms with Gasteiger partial charge in [0.25, 0.3) is 5.56 Å². The van der Waals surface area contributed by atoms with Gasteiger partial charge in [-0.05, 0) is 31.2 Å². The van der Waals surface area contributed by atoms with Crippen molar-refractivity contribution in [3.63, 3.8) is 0 Å². The molecule has 21 heavy (non-hydrogen) atoms. The topological polar surface area (TPSA) is 76.0 Å². The lowest BCUT2D eigenvalue weighted by atomic mass is 10.3. The Hall–Kier alpha value is -2.70. The monoisotopic (exact) mass is 290 g/mol. The number of carbonyl (C=O) groups excluding carboxylic acids is 1. The number of nitrogens with one attached hydrogen (secondary N) is 2. The fraction of sp³-hybridized carbons (Fsp3) is 0.214. The van der Waals surface area contributed by atoms with Crippen molar-refractivity contribution in [2.24, 2.45) is 0 Å². The number of nitrogens with zero attached hydrogens (tertiary/aromatic N) is 2. The third-order valence-corrected chi connectivity index (χ3v) is 2.76. The lowest BCUT2D eigenvalue weighted by molar-refractivity contribution is 0.251. The molecule has 0 aliphatic rings. The van der Waals surface area contributed by atoms with Crippen molar-refractivity contribution in [3.8, 4) is 0 Å². The maximum Gasteiger partial charge on any atom is 0.319 e. The number of amides is 2. The molecule has 0 atom stereocenters. The van der Waals surface area contributed by atoms with Crippen molar-refractivity contribution in [3.05, 3.63) is 58.5 Å². The summed E-state index contributed by atoms with van der Waals surface area (Å²) in [5.74, 6) is -0.368. The van der Waals surface area contributed by atoms with Gasteiger partial charge in [-0.15, -0.1) is 0 Å². The summed E-state index contributed by atoms with van der Waals surface area (Å²) in [6.45, 7) is 2.33. The number of hydrogen-bond donors (Lipinski definition) is 2. The van der Waals surface area contributed by atoms with Gasteiger partial charge in [0.2, 0.25) is 0 Å². The average Bonchev–Trinajstić information content (AvgIpc) is 2.44. The summed E-state index contributed by atoms with van der Waals surface area (Å²) in [7, 11) is 0. The predicted octanol–water partition coefficient (Wildman–Crippen LogP) is 1.51. The Morgan fingerprint density at radius 3 is 2.71 bits per heavy atom. The van der Waals surface area contributed by atoms with Gasteiger partial charge in [0.15, 0.2) is 0 Å². The van der Waals surface area contributed by atoms with Gasteiger partial charge in [-0.25, -0.2) is 14.2 Å². The zero-order valence-electron chi connectivity index (χ0n) is 11.5. The van der Waals surface area contributed by atoms with Crippen LogP contribution in [-0.2, 0) is 6.54 Å². The van der Waals surface area contributed by atoms with Gasteiger partial charge in [0.05, 0.1) is 6.33 Å². The second-order valence-corrected chi connectivity index (χ2v) is 4.45. The van der Waals surface area contributed by atoms with E-state index in [2.05, 4.69) is 15.6 Å². The van der Waals surface area contributed by atoms with Gasteiger partial charge in [0, 0.05) is 30.5 Å². The Bertz CT molecular complexity index is 682. The third-order valence-electron chi connectivity index (χ3n) is 2.76. The number of rotatable bonds is 4. The Morgan fingerprint density at radius 1 is 1.33 bits per heavy atom. The SMILES string of the molecule is Cc1cc(=O)n(CCNC(=O)Nc2ccc(F)cc2)cn1. The highest BCUT2D eigenvalue weighted by molar-refractivity contribution is 5.89. The number of halogens is 1. The highest BCUT2D eigenvalue weighted by atomic mass is 19.1. The molecule has 2 rings (SSSR count). The van der Waals surface area contributed by atoms with E-state index in [1.54, 1.807) is 6.92 Å². The van der Waals surface area contributed by atoms with Crippen LogP contribution in [0.4, 0.5) is 14.9 Å². The van der Waals surface area contributed by atoms with Crippen LogP contribution in [0.1, 0.15) is 5.69 Å². The van der Waals surface area contributed by atoms with E-state index in [4.69, 9.17) is 0 Å². The largest absolute Gasteiger partial charge is 0.336 e.